The van der Waals surface area contributed by atoms with Crippen LogP contribution in [0.2, 0.25) is 0 Å². The molecule has 3 N–H and O–H groups in total. The highest BCUT2D eigenvalue weighted by Gasteiger charge is 2.23. The third-order valence-electron chi connectivity index (χ3n) is 4.94. The molecule has 6 heteroatoms. The van der Waals surface area contributed by atoms with E-state index >= 15 is 0 Å². The van der Waals surface area contributed by atoms with Gasteiger partial charge in [-0.15, -0.1) is 0 Å². The van der Waals surface area contributed by atoms with Crippen LogP contribution < -0.4 is 10.1 Å². The minimum absolute atomic E-state index is 0.136. The smallest absolute Gasteiger partial charge is 0.147 e. The molecule has 0 amide bonds. The second-order valence-electron chi connectivity index (χ2n) is 7.36. The molecule has 1 unspecified atom stereocenters. The van der Waals surface area contributed by atoms with Crippen LogP contribution in [0.4, 0.5) is 10.1 Å². The molecule has 0 aliphatic heterocycles. The van der Waals surface area contributed by atoms with Gasteiger partial charge in [0.25, 0.3) is 0 Å². The van der Waals surface area contributed by atoms with Gasteiger partial charge in [-0.05, 0) is 73.7 Å². The maximum absolute atomic E-state index is 14.9. The molecule has 0 spiro atoms. The first-order valence-corrected chi connectivity index (χ1v) is 10.6. The van der Waals surface area contributed by atoms with E-state index in [1.54, 1.807) is 6.07 Å². The zero-order valence-corrected chi connectivity index (χ0v) is 18.3. The lowest BCUT2D eigenvalue weighted by Gasteiger charge is -2.32. The van der Waals surface area contributed by atoms with Crippen LogP contribution >= 0.6 is 11.9 Å². The number of rotatable bonds is 8. The number of aryl methyl sites for hydroxylation is 2. The zero-order chi connectivity index (χ0) is 21.7. The van der Waals surface area contributed by atoms with Crippen LogP contribution in [0.3, 0.4) is 0 Å². The van der Waals surface area contributed by atoms with E-state index < -0.39 is 0 Å². The Morgan fingerprint density at radius 2 is 1.70 bits per heavy atom. The summed E-state index contributed by atoms with van der Waals surface area (Å²) >= 11 is 1.51. The summed E-state index contributed by atoms with van der Waals surface area (Å²) in [7, 11) is 0. The van der Waals surface area contributed by atoms with Crippen molar-refractivity contribution < 1.29 is 4.39 Å². The van der Waals surface area contributed by atoms with Crippen molar-refractivity contribution in [3.63, 3.8) is 0 Å². The van der Waals surface area contributed by atoms with E-state index in [9.17, 15) is 4.39 Å². The van der Waals surface area contributed by atoms with Crippen molar-refractivity contribution >= 4 is 24.0 Å². The van der Waals surface area contributed by atoms with E-state index in [4.69, 9.17) is 11.3 Å². The van der Waals surface area contributed by atoms with Crippen LogP contribution in [0, 0.1) is 25.1 Å². The number of benzene rings is 3. The number of nitrogens with zero attached hydrogens (tertiary/aromatic N) is 2. The van der Waals surface area contributed by atoms with E-state index in [1.807, 2.05) is 48.5 Å². The molecule has 0 fully saturated rings. The van der Waals surface area contributed by atoms with Gasteiger partial charge in [-0.1, -0.05) is 48.0 Å². The van der Waals surface area contributed by atoms with Gasteiger partial charge in [0.15, 0.2) is 0 Å². The molecule has 3 aromatic carbocycles. The summed E-state index contributed by atoms with van der Waals surface area (Å²) in [6, 6.07) is 21.2. The van der Waals surface area contributed by atoms with Gasteiger partial charge in [0.2, 0.25) is 0 Å². The number of nitrogens with two attached hydrogens (primary N) is 1. The Labute approximate surface area is 182 Å². The van der Waals surface area contributed by atoms with Crippen molar-refractivity contribution in [2.45, 2.75) is 38.3 Å². The fourth-order valence-corrected chi connectivity index (χ4v) is 4.29. The van der Waals surface area contributed by atoms with Gasteiger partial charge in [0.05, 0.1) is 24.6 Å². The lowest BCUT2D eigenvalue weighted by atomic mass is 10.0. The average molecular weight is 423 g/mol. The summed E-state index contributed by atoms with van der Waals surface area (Å²) in [5.41, 5.74) is 4.76. The molecule has 4 nitrogen and oxygen atoms in total. The third-order valence-corrected chi connectivity index (χ3v) is 6.13. The van der Waals surface area contributed by atoms with Gasteiger partial charge in [-0.3, -0.25) is 10.4 Å². The van der Waals surface area contributed by atoms with Crippen LogP contribution in [0.5, 0.6) is 0 Å². The molecule has 0 heterocycles. The molecule has 0 radical (unpaired) electrons. The molecule has 3 rings (SSSR count). The van der Waals surface area contributed by atoms with E-state index in [2.05, 4.69) is 31.2 Å². The van der Waals surface area contributed by atoms with Crippen molar-refractivity contribution in [2.24, 2.45) is 5.84 Å². The lowest BCUT2D eigenvalue weighted by molar-refractivity contribution is 0.442. The monoisotopic (exact) mass is 422 g/mol. The van der Waals surface area contributed by atoms with Crippen LogP contribution in [0.1, 0.15) is 35.2 Å². The number of halogens is 1. The standard InChI is InChI=1S/C24H27FN4S/c1-17-8-11-21(12-9-17)30-29(24-14-18(2)10-13-23(24)25)19(3)22-7-5-4-6-20(22)15-28(27)16-26/h4-14,16,19,26H,15,27H2,1-3H3. The summed E-state index contributed by atoms with van der Waals surface area (Å²) in [5.74, 6) is 5.59. The van der Waals surface area contributed by atoms with Crippen LogP contribution in [0.15, 0.2) is 71.6 Å². The number of anilines is 1. The molecule has 0 aliphatic rings. The fourth-order valence-electron chi connectivity index (χ4n) is 3.30. The molecule has 1 atom stereocenters. The Kier molecular flexibility index (Phi) is 7.13. The van der Waals surface area contributed by atoms with E-state index in [0.29, 0.717) is 12.2 Å². The molecular weight excluding hydrogens is 395 g/mol. The van der Waals surface area contributed by atoms with E-state index in [0.717, 1.165) is 27.9 Å². The number of nitrogens with one attached hydrogen (secondary N) is 1. The van der Waals surface area contributed by atoms with E-state index in [-0.39, 0.29) is 11.9 Å². The first-order chi connectivity index (χ1) is 14.4. The second kappa shape index (κ2) is 9.78. The Morgan fingerprint density at radius 3 is 2.40 bits per heavy atom. The highest BCUT2D eigenvalue weighted by atomic mass is 32.2. The Morgan fingerprint density at radius 1 is 1.03 bits per heavy atom. The largest absolute Gasteiger partial charge is 0.302 e. The molecule has 30 heavy (non-hydrogen) atoms. The molecular formula is C24H27FN4S. The van der Waals surface area contributed by atoms with E-state index in [1.165, 1.54) is 28.6 Å². The Hall–Kier alpha value is -2.83. The minimum atomic E-state index is -0.260. The van der Waals surface area contributed by atoms with Gasteiger partial charge in [-0.2, -0.15) is 0 Å². The summed E-state index contributed by atoms with van der Waals surface area (Å²) < 4.78 is 16.9. The van der Waals surface area contributed by atoms with Gasteiger partial charge in [0, 0.05) is 4.90 Å². The Balaban J connectivity index is 2.04. The molecule has 156 valence electrons. The van der Waals surface area contributed by atoms with Crippen molar-refractivity contribution in [1.29, 1.82) is 5.41 Å². The first-order valence-electron chi connectivity index (χ1n) is 9.79. The van der Waals surface area contributed by atoms with Crippen molar-refractivity contribution in [1.82, 2.24) is 5.01 Å². The number of hydrazine groups is 1. The highest BCUT2D eigenvalue weighted by Crippen LogP contribution is 2.40. The maximum Gasteiger partial charge on any atom is 0.147 e. The summed E-state index contributed by atoms with van der Waals surface area (Å²) in [5, 5.41) is 8.71. The lowest BCUT2D eigenvalue weighted by Crippen LogP contribution is -2.29. The van der Waals surface area contributed by atoms with Gasteiger partial charge in [-0.25, -0.2) is 10.2 Å². The quantitative estimate of drug-likeness (QED) is 0.154. The van der Waals surface area contributed by atoms with Crippen LogP contribution in [-0.4, -0.2) is 11.3 Å². The molecule has 3 aromatic rings. The Bertz CT molecular complexity index is 1010. The number of hydrogen-bond donors (Lipinski definition) is 2. The minimum Gasteiger partial charge on any atom is -0.302 e. The predicted octanol–water partition coefficient (Wildman–Crippen LogP) is 6.00. The summed E-state index contributed by atoms with van der Waals surface area (Å²) in [6.45, 7) is 6.48. The molecule has 0 saturated carbocycles. The highest BCUT2D eigenvalue weighted by molar-refractivity contribution is 8.00. The first kappa shape index (κ1) is 21.9. The topological polar surface area (TPSA) is 56.4 Å². The van der Waals surface area contributed by atoms with Crippen LogP contribution in [0.25, 0.3) is 0 Å². The van der Waals surface area contributed by atoms with Gasteiger partial charge >= 0.3 is 0 Å². The van der Waals surface area contributed by atoms with Crippen molar-refractivity contribution in [3.8, 4) is 0 Å². The molecule has 0 bridgehead atoms. The zero-order valence-electron chi connectivity index (χ0n) is 17.5. The summed E-state index contributed by atoms with van der Waals surface area (Å²) in [4.78, 5) is 1.03. The molecule has 0 aromatic heterocycles. The SMILES string of the molecule is Cc1ccc(SN(c2cc(C)ccc2F)C(C)c2ccccc2CN(N)C=N)cc1. The third kappa shape index (κ3) is 5.20. The number of hydrogen-bond acceptors (Lipinski definition) is 4. The van der Waals surface area contributed by atoms with Gasteiger partial charge < -0.3 is 4.31 Å². The normalized spacial score (nSPS) is 11.8. The van der Waals surface area contributed by atoms with Crippen LogP contribution in [-0.2, 0) is 6.54 Å². The fraction of sp³-hybridized carbons (Fsp3) is 0.208. The van der Waals surface area contributed by atoms with Crippen molar-refractivity contribution in [2.75, 3.05) is 4.31 Å². The average Bonchev–Trinajstić information content (AvgIpc) is 2.75. The second-order valence-corrected chi connectivity index (χ2v) is 8.41. The molecule has 0 saturated heterocycles. The summed E-state index contributed by atoms with van der Waals surface area (Å²) in [6.07, 6.45) is 1.10. The maximum atomic E-state index is 14.9. The van der Waals surface area contributed by atoms with Crippen molar-refractivity contribution in [3.05, 3.63) is 94.8 Å². The molecule has 0 aliphatic carbocycles. The predicted molar refractivity (Wildman–Crippen MR) is 124 cm³/mol. The van der Waals surface area contributed by atoms with Gasteiger partial charge in [0.1, 0.15) is 5.82 Å².